The molecular weight excluding hydrogens is 162 g/mol. The van der Waals surface area contributed by atoms with Crippen LogP contribution in [0.1, 0.15) is 0 Å². The highest BCUT2D eigenvalue weighted by atomic mass is 31.2. The minimum atomic E-state index is -2.20. The van der Waals surface area contributed by atoms with E-state index in [0.717, 1.165) is 5.30 Å². The Hall–Kier alpha value is -0.620. The molecule has 1 aromatic rings. The van der Waals surface area contributed by atoms with Crippen molar-refractivity contribution in [2.45, 2.75) is 0 Å². The number of halogens is 1. The molecule has 0 radical (unpaired) electrons. The average Bonchev–Trinajstić information content (AvgIpc) is 1.86. The third-order valence-corrected chi connectivity index (χ3v) is 2.99. The highest BCUT2D eigenvalue weighted by Crippen LogP contribution is 2.34. The molecule has 0 fully saturated rings. The zero-order valence-corrected chi connectivity index (χ0v) is 7.44. The summed E-state index contributed by atoms with van der Waals surface area (Å²) in [6.45, 7) is 3.33. The Kier molecular flexibility index (Phi) is 2.15. The Morgan fingerprint density at radius 2 is 1.64 bits per heavy atom. The zero-order chi connectivity index (χ0) is 8.48. The van der Waals surface area contributed by atoms with Crippen molar-refractivity contribution in [1.29, 1.82) is 0 Å². The first-order valence-electron chi connectivity index (χ1n) is 3.31. The number of hydrogen-bond acceptors (Lipinski definition) is 1. The van der Waals surface area contributed by atoms with Crippen LogP contribution < -0.4 is 5.30 Å². The van der Waals surface area contributed by atoms with Gasteiger partial charge in [0.25, 0.3) is 0 Å². The van der Waals surface area contributed by atoms with Crippen LogP contribution in [0.15, 0.2) is 24.3 Å². The van der Waals surface area contributed by atoms with E-state index in [1.165, 1.54) is 12.1 Å². The van der Waals surface area contributed by atoms with E-state index in [9.17, 15) is 8.96 Å². The van der Waals surface area contributed by atoms with E-state index in [1.54, 1.807) is 25.5 Å². The van der Waals surface area contributed by atoms with E-state index in [0.29, 0.717) is 0 Å². The molecule has 0 spiro atoms. The van der Waals surface area contributed by atoms with Crippen molar-refractivity contribution < 1.29 is 8.96 Å². The monoisotopic (exact) mass is 172 g/mol. The first kappa shape index (κ1) is 8.48. The topological polar surface area (TPSA) is 17.1 Å². The van der Waals surface area contributed by atoms with Crippen LogP contribution in [0.25, 0.3) is 0 Å². The molecule has 0 saturated heterocycles. The third-order valence-electron chi connectivity index (χ3n) is 1.45. The fraction of sp³-hybridized carbons (Fsp3) is 0.250. The predicted molar refractivity (Wildman–Crippen MR) is 45.5 cm³/mol. The van der Waals surface area contributed by atoms with Gasteiger partial charge in [0.2, 0.25) is 0 Å². The highest BCUT2D eigenvalue weighted by Gasteiger charge is 2.09. The van der Waals surface area contributed by atoms with Gasteiger partial charge in [0.15, 0.2) is 0 Å². The molecule has 0 aliphatic rings. The van der Waals surface area contributed by atoms with Gasteiger partial charge < -0.3 is 4.57 Å². The van der Waals surface area contributed by atoms with Gasteiger partial charge >= 0.3 is 0 Å². The normalized spacial score (nSPS) is 11.5. The van der Waals surface area contributed by atoms with Crippen molar-refractivity contribution in [2.75, 3.05) is 13.3 Å². The summed E-state index contributed by atoms with van der Waals surface area (Å²) in [6.07, 6.45) is 0. The molecule has 1 rings (SSSR count). The molecule has 3 heteroatoms. The summed E-state index contributed by atoms with van der Waals surface area (Å²) in [7, 11) is -2.20. The van der Waals surface area contributed by atoms with Crippen molar-refractivity contribution in [3.8, 4) is 0 Å². The van der Waals surface area contributed by atoms with Gasteiger partial charge in [-0.2, -0.15) is 0 Å². The van der Waals surface area contributed by atoms with Crippen molar-refractivity contribution in [2.24, 2.45) is 0 Å². The standard InChI is InChI=1S/C8H10FOP/c1-11(2,10)8-5-3-7(9)4-6-8/h3-6H,1-2H3. The van der Waals surface area contributed by atoms with E-state index in [2.05, 4.69) is 0 Å². The molecule has 0 amide bonds. The molecule has 11 heavy (non-hydrogen) atoms. The molecule has 0 N–H and O–H groups in total. The Morgan fingerprint density at radius 1 is 1.18 bits per heavy atom. The average molecular weight is 172 g/mol. The highest BCUT2D eigenvalue weighted by molar-refractivity contribution is 7.70. The maximum Gasteiger partial charge on any atom is 0.123 e. The first-order valence-corrected chi connectivity index (χ1v) is 5.91. The predicted octanol–water partition coefficient (Wildman–Crippen LogP) is 2.07. The molecule has 0 saturated carbocycles. The maximum absolute atomic E-state index is 12.4. The molecule has 0 heterocycles. The molecule has 0 bridgehead atoms. The van der Waals surface area contributed by atoms with Crippen LogP contribution in [0.5, 0.6) is 0 Å². The molecule has 1 aromatic carbocycles. The van der Waals surface area contributed by atoms with Gasteiger partial charge in [-0.3, -0.25) is 0 Å². The Balaban J connectivity index is 3.09. The van der Waals surface area contributed by atoms with Crippen LogP contribution in [-0.4, -0.2) is 13.3 Å². The van der Waals surface area contributed by atoms with Crippen LogP contribution in [0.2, 0.25) is 0 Å². The molecule has 0 unspecified atom stereocenters. The molecule has 0 aliphatic carbocycles. The second-order valence-electron chi connectivity index (χ2n) is 2.83. The van der Waals surface area contributed by atoms with E-state index < -0.39 is 7.14 Å². The van der Waals surface area contributed by atoms with Crippen LogP contribution >= 0.6 is 7.14 Å². The summed E-state index contributed by atoms with van der Waals surface area (Å²) in [4.78, 5) is 0. The summed E-state index contributed by atoms with van der Waals surface area (Å²) < 4.78 is 23.8. The summed E-state index contributed by atoms with van der Waals surface area (Å²) in [5.74, 6) is -0.290. The number of rotatable bonds is 1. The van der Waals surface area contributed by atoms with Crippen molar-refractivity contribution in [3.05, 3.63) is 30.1 Å². The van der Waals surface area contributed by atoms with Gasteiger partial charge in [-0.1, -0.05) is 0 Å². The van der Waals surface area contributed by atoms with Gasteiger partial charge in [-0.15, -0.1) is 0 Å². The number of benzene rings is 1. The molecule has 60 valence electrons. The van der Waals surface area contributed by atoms with Crippen LogP contribution in [0.4, 0.5) is 4.39 Å². The molecule has 1 nitrogen and oxygen atoms in total. The van der Waals surface area contributed by atoms with Crippen LogP contribution in [0.3, 0.4) is 0 Å². The molecule has 0 aromatic heterocycles. The maximum atomic E-state index is 12.4. The third kappa shape index (κ3) is 2.16. The van der Waals surface area contributed by atoms with Gasteiger partial charge in [-0.25, -0.2) is 4.39 Å². The summed E-state index contributed by atoms with van der Waals surface area (Å²) in [5.41, 5.74) is 0. The fourth-order valence-electron chi connectivity index (χ4n) is 0.800. The number of hydrogen-bond donors (Lipinski definition) is 0. The fourth-order valence-corrected chi connectivity index (χ4v) is 1.67. The quantitative estimate of drug-likeness (QED) is 0.592. The summed E-state index contributed by atoms with van der Waals surface area (Å²) in [6, 6.07) is 5.79. The molecule has 0 aliphatic heterocycles. The lowest BCUT2D eigenvalue weighted by Crippen LogP contribution is -2.01. The van der Waals surface area contributed by atoms with Gasteiger partial charge in [0, 0.05) is 5.30 Å². The molecule has 0 atom stereocenters. The van der Waals surface area contributed by atoms with Crippen molar-refractivity contribution in [1.82, 2.24) is 0 Å². The van der Waals surface area contributed by atoms with Crippen molar-refractivity contribution in [3.63, 3.8) is 0 Å². The summed E-state index contributed by atoms with van der Waals surface area (Å²) in [5, 5.41) is 0.721. The Morgan fingerprint density at radius 3 is 2.00 bits per heavy atom. The van der Waals surface area contributed by atoms with Crippen LogP contribution in [-0.2, 0) is 4.57 Å². The SMILES string of the molecule is CP(C)(=O)c1ccc(F)cc1. The van der Waals surface area contributed by atoms with E-state index in [-0.39, 0.29) is 5.82 Å². The van der Waals surface area contributed by atoms with Gasteiger partial charge in [0.1, 0.15) is 13.0 Å². The Bertz CT molecular complexity index is 285. The lowest BCUT2D eigenvalue weighted by atomic mass is 10.4. The van der Waals surface area contributed by atoms with Gasteiger partial charge in [0.05, 0.1) is 0 Å². The molecular formula is C8H10FOP. The zero-order valence-electron chi connectivity index (χ0n) is 6.54. The Labute approximate surface area is 65.6 Å². The largest absolute Gasteiger partial charge is 0.319 e. The lowest BCUT2D eigenvalue weighted by Gasteiger charge is -2.04. The van der Waals surface area contributed by atoms with Crippen molar-refractivity contribution >= 4 is 12.4 Å². The second-order valence-corrected chi connectivity index (χ2v) is 6.05. The first-order chi connectivity index (χ1) is 5.00. The van der Waals surface area contributed by atoms with E-state index >= 15 is 0 Å². The van der Waals surface area contributed by atoms with Gasteiger partial charge in [-0.05, 0) is 37.6 Å². The second kappa shape index (κ2) is 2.78. The lowest BCUT2D eigenvalue weighted by molar-refractivity contribution is 0.588. The van der Waals surface area contributed by atoms with E-state index in [1.807, 2.05) is 0 Å². The van der Waals surface area contributed by atoms with Crippen LogP contribution in [0, 0.1) is 5.82 Å². The summed E-state index contributed by atoms with van der Waals surface area (Å²) >= 11 is 0. The van der Waals surface area contributed by atoms with E-state index in [4.69, 9.17) is 0 Å². The minimum Gasteiger partial charge on any atom is -0.319 e. The minimum absolute atomic E-state index is 0.290. The smallest absolute Gasteiger partial charge is 0.123 e.